The minimum atomic E-state index is -0.458. The van der Waals surface area contributed by atoms with Crippen molar-refractivity contribution in [2.75, 3.05) is 6.54 Å². The number of hydrogen-bond acceptors (Lipinski definition) is 3. The summed E-state index contributed by atoms with van der Waals surface area (Å²) in [6.45, 7) is 8.76. The summed E-state index contributed by atoms with van der Waals surface area (Å²) >= 11 is 7.39. The summed E-state index contributed by atoms with van der Waals surface area (Å²) < 4.78 is 0.729. The van der Waals surface area contributed by atoms with E-state index in [9.17, 15) is 4.79 Å². The van der Waals surface area contributed by atoms with Crippen LogP contribution in [0.2, 0.25) is 4.34 Å². The van der Waals surface area contributed by atoms with Crippen LogP contribution in [-0.4, -0.2) is 23.4 Å². The van der Waals surface area contributed by atoms with Crippen molar-refractivity contribution in [1.82, 2.24) is 4.90 Å². The second-order valence-electron chi connectivity index (χ2n) is 4.62. The fourth-order valence-corrected chi connectivity index (χ4v) is 2.82. The van der Waals surface area contributed by atoms with Crippen molar-refractivity contribution in [2.45, 2.75) is 32.9 Å². The molecule has 0 aliphatic heterocycles. The molecule has 1 rings (SSSR count). The van der Waals surface area contributed by atoms with Crippen LogP contribution in [0, 0.1) is 5.92 Å². The van der Waals surface area contributed by atoms with Gasteiger partial charge in [-0.15, -0.1) is 17.9 Å². The summed E-state index contributed by atoms with van der Waals surface area (Å²) in [5, 5.41) is 0. The maximum absolute atomic E-state index is 12.4. The Labute approximate surface area is 124 Å². The third-order valence-electron chi connectivity index (χ3n) is 3.18. The monoisotopic (exact) mass is 300 g/mol. The van der Waals surface area contributed by atoms with Crippen molar-refractivity contribution in [3.05, 3.63) is 34.0 Å². The van der Waals surface area contributed by atoms with Gasteiger partial charge in [0.15, 0.2) is 0 Å². The molecule has 3 nitrogen and oxygen atoms in total. The molecule has 2 atom stereocenters. The van der Waals surface area contributed by atoms with Crippen LogP contribution >= 0.6 is 22.9 Å². The standard InChI is InChI=1S/C14H21ClN2OS/c1-4-8-17(9-11-6-7-12(15)19-11)14(18)13(16)10(3)5-2/h4,6-7,10,13H,1,5,8-9,16H2,2-3H3/t10-,13-/m0/s1. The molecule has 1 aromatic rings. The van der Waals surface area contributed by atoms with E-state index >= 15 is 0 Å². The summed E-state index contributed by atoms with van der Waals surface area (Å²) in [6, 6.07) is 3.32. The van der Waals surface area contributed by atoms with Gasteiger partial charge < -0.3 is 10.6 Å². The summed E-state index contributed by atoms with van der Waals surface area (Å²) in [4.78, 5) is 15.1. The third kappa shape index (κ3) is 4.64. The summed E-state index contributed by atoms with van der Waals surface area (Å²) in [5.74, 6) is 0.144. The minimum absolute atomic E-state index is 0.0289. The molecule has 0 radical (unpaired) electrons. The SMILES string of the molecule is C=CCN(Cc1ccc(Cl)s1)C(=O)[C@@H](N)[C@@H](C)CC. The topological polar surface area (TPSA) is 46.3 Å². The van der Waals surface area contributed by atoms with Crippen LogP contribution in [0.3, 0.4) is 0 Å². The summed E-state index contributed by atoms with van der Waals surface area (Å²) in [7, 11) is 0. The normalized spacial score (nSPS) is 13.9. The van der Waals surface area contributed by atoms with Gasteiger partial charge in [0.25, 0.3) is 0 Å². The maximum atomic E-state index is 12.4. The molecular formula is C14H21ClN2OS. The van der Waals surface area contributed by atoms with Gasteiger partial charge in [-0.05, 0) is 18.1 Å². The fraction of sp³-hybridized carbons (Fsp3) is 0.500. The largest absolute Gasteiger partial charge is 0.332 e. The molecule has 1 heterocycles. The fourth-order valence-electron chi connectivity index (χ4n) is 1.72. The Morgan fingerprint density at radius 2 is 2.32 bits per heavy atom. The van der Waals surface area contributed by atoms with E-state index in [1.54, 1.807) is 11.0 Å². The Morgan fingerprint density at radius 3 is 2.79 bits per heavy atom. The number of hydrogen-bond donors (Lipinski definition) is 1. The van der Waals surface area contributed by atoms with Crippen molar-refractivity contribution in [3.63, 3.8) is 0 Å². The first-order valence-corrected chi connectivity index (χ1v) is 7.58. The van der Waals surface area contributed by atoms with Gasteiger partial charge in [0, 0.05) is 11.4 Å². The molecule has 1 amide bonds. The molecule has 0 unspecified atom stereocenters. The van der Waals surface area contributed by atoms with Crippen LogP contribution in [0.4, 0.5) is 0 Å². The van der Waals surface area contributed by atoms with Crippen LogP contribution in [0.5, 0.6) is 0 Å². The van der Waals surface area contributed by atoms with Crippen LogP contribution in [0.25, 0.3) is 0 Å². The highest BCUT2D eigenvalue weighted by Gasteiger charge is 2.24. The van der Waals surface area contributed by atoms with Gasteiger partial charge in [0.2, 0.25) is 5.91 Å². The van der Waals surface area contributed by atoms with Crippen molar-refractivity contribution in [2.24, 2.45) is 11.7 Å². The van der Waals surface area contributed by atoms with Crippen molar-refractivity contribution in [1.29, 1.82) is 0 Å². The maximum Gasteiger partial charge on any atom is 0.240 e. The highest BCUT2D eigenvalue weighted by molar-refractivity contribution is 7.16. The van der Waals surface area contributed by atoms with Crippen molar-refractivity contribution >= 4 is 28.8 Å². The van der Waals surface area contributed by atoms with Crippen LogP contribution in [0.1, 0.15) is 25.1 Å². The highest BCUT2D eigenvalue weighted by atomic mass is 35.5. The lowest BCUT2D eigenvalue weighted by Crippen LogP contribution is -2.46. The first kappa shape index (κ1) is 16.2. The lowest BCUT2D eigenvalue weighted by atomic mass is 9.99. The number of thiophene rings is 1. The number of amides is 1. The molecule has 0 saturated heterocycles. The molecule has 106 valence electrons. The van der Waals surface area contributed by atoms with E-state index < -0.39 is 6.04 Å². The van der Waals surface area contributed by atoms with Crippen LogP contribution < -0.4 is 5.73 Å². The first-order valence-electron chi connectivity index (χ1n) is 6.39. The van der Waals surface area contributed by atoms with Crippen molar-refractivity contribution in [3.8, 4) is 0 Å². The Hall–Kier alpha value is -0.840. The average molecular weight is 301 g/mol. The van der Waals surface area contributed by atoms with Crippen LogP contribution in [0.15, 0.2) is 24.8 Å². The van der Waals surface area contributed by atoms with Gasteiger partial charge in [-0.2, -0.15) is 0 Å². The van der Waals surface area contributed by atoms with Gasteiger partial charge in [0.1, 0.15) is 0 Å². The van der Waals surface area contributed by atoms with Crippen molar-refractivity contribution < 1.29 is 4.79 Å². The number of carbonyl (C=O) groups excluding carboxylic acids is 1. The van der Waals surface area contributed by atoms with E-state index in [2.05, 4.69) is 6.58 Å². The third-order valence-corrected chi connectivity index (χ3v) is 4.39. The molecule has 0 aliphatic rings. The van der Waals surface area contributed by atoms with E-state index in [0.29, 0.717) is 13.1 Å². The smallest absolute Gasteiger partial charge is 0.240 e. The zero-order valence-electron chi connectivity index (χ0n) is 11.4. The number of carbonyl (C=O) groups is 1. The molecule has 2 N–H and O–H groups in total. The molecular weight excluding hydrogens is 280 g/mol. The molecule has 19 heavy (non-hydrogen) atoms. The van der Waals surface area contributed by atoms with E-state index in [4.69, 9.17) is 17.3 Å². The quantitative estimate of drug-likeness (QED) is 0.785. The molecule has 0 aromatic carbocycles. The molecule has 0 fully saturated rings. The Balaban J connectivity index is 2.76. The van der Waals surface area contributed by atoms with Gasteiger partial charge in [-0.3, -0.25) is 4.79 Å². The predicted molar refractivity (Wildman–Crippen MR) is 82.4 cm³/mol. The van der Waals surface area contributed by atoms with E-state index in [1.165, 1.54) is 11.3 Å². The average Bonchev–Trinajstić information content (AvgIpc) is 2.81. The summed E-state index contributed by atoms with van der Waals surface area (Å²) in [5.41, 5.74) is 6.01. The number of halogens is 1. The molecule has 0 aliphatic carbocycles. The van der Waals surface area contributed by atoms with E-state index in [-0.39, 0.29) is 11.8 Å². The number of nitrogens with zero attached hydrogens (tertiary/aromatic N) is 1. The number of rotatable bonds is 7. The lowest BCUT2D eigenvalue weighted by molar-refractivity contribution is -0.133. The molecule has 5 heteroatoms. The van der Waals surface area contributed by atoms with Gasteiger partial charge in [0.05, 0.1) is 16.9 Å². The van der Waals surface area contributed by atoms with Crippen LogP contribution in [-0.2, 0) is 11.3 Å². The minimum Gasteiger partial charge on any atom is -0.332 e. The van der Waals surface area contributed by atoms with Gasteiger partial charge >= 0.3 is 0 Å². The predicted octanol–water partition coefficient (Wildman–Crippen LogP) is 3.29. The summed E-state index contributed by atoms with van der Waals surface area (Å²) in [6.07, 6.45) is 2.61. The Bertz CT molecular complexity index is 433. The molecule has 0 saturated carbocycles. The first-order chi connectivity index (χ1) is 8.99. The lowest BCUT2D eigenvalue weighted by Gasteiger charge is -2.26. The second kappa shape index (κ2) is 7.68. The van der Waals surface area contributed by atoms with Gasteiger partial charge in [-0.25, -0.2) is 0 Å². The second-order valence-corrected chi connectivity index (χ2v) is 6.42. The van der Waals surface area contributed by atoms with E-state index in [1.807, 2.05) is 26.0 Å². The zero-order valence-corrected chi connectivity index (χ0v) is 13.0. The Kier molecular flexibility index (Phi) is 6.55. The number of nitrogens with two attached hydrogens (primary N) is 1. The van der Waals surface area contributed by atoms with Gasteiger partial charge in [-0.1, -0.05) is 37.9 Å². The molecule has 1 aromatic heterocycles. The van der Waals surface area contributed by atoms with E-state index in [0.717, 1.165) is 15.6 Å². The molecule has 0 bridgehead atoms. The highest BCUT2D eigenvalue weighted by Crippen LogP contribution is 2.23. The molecule has 0 spiro atoms. The zero-order chi connectivity index (χ0) is 14.4. The Morgan fingerprint density at radius 1 is 1.63 bits per heavy atom.